The second kappa shape index (κ2) is 5.63. The molecule has 128 valence electrons. The molecular formula is C16H19F4NO2. The third-order valence-electron chi connectivity index (χ3n) is 5.07. The maximum Gasteiger partial charge on any atom is 0.573 e. The SMILES string of the molecule is CN1C2CCCC1CC(O)(c1ccc(OC(F)(F)F)c(F)c1)C2. The molecule has 0 aliphatic carbocycles. The highest BCUT2D eigenvalue weighted by Gasteiger charge is 2.45. The number of benzene rings is 1. The molecule has 0 amide bonds. The normalized spacial score (nSPS) is 31.9. The van der Waals surface area contributed by atoms with Crippen LogP contribution in [0.3, 0.4) is 0 Å². The van der Waals surface area contributed by atoms with Crippen molar-refractivity contribution in [3.63, 3.8) is 0 Å². The van der Waals surface area contributed by atoms with Crippen LogP contribution >= 0.6 is 0 Å². The molecule has 7 heteroatoms. The molecule has 1 aromatic rings. The lowest BCUT2D eigenvalue weighted by molar-refractivity contribution is -0.275. The largest absolute Gasteiger partial charge is 0.573 e. The van der Waals surface area contributed by atoms with Gasteiger partial charge in [0.05, 0.1) is 5.60 Å². The van der Waals surface area contributed by atoms with Gasteiger partial charge in [0.15, 0.2) is 11.6 Å². The van der Waals surface area contributed by atoms with E-state index >= 15 is 0 Å². The first-order chi connectivity index (χ1) is 10.7. The Labute approximate surface area is 131 Å². The second-order valence-electron chi connectivity index (χ2n) is 6.54. The highest BCUT2D eigenvalue weighted by Crippen LogP contribution is 2.44. The van der Waals surface area contributed by atoms with Crippen LogP contribution in [0.5, 0.6) is 5.75 Å². The maximum atomic E-state index is 13.9. The summed E-state index contributed by atoms with van der Waals surface area (Å²) in [5.74, 6) is -1.99. The zero-order chi connectivity index (χ0) is 16.8. The monoisotopic (exact) mass is 333 g/mol. The van der Waals surface area contributed by atoms with Gasteiger partial charge in [-0.3, -0.25) is 0 Å². The van der Waals surface area contributed by atoms with Crippen molar-refractivity contribution in [2.45, 2.75) is 56.2 Å². The number of alkyl halides is 3. The van der Waals surface area contributed by atoms with Gasteiger partial charge in [-0.1, -0.05) is 12.5 Å². The standard InChI is InChI=1S/C16H19F4NO2/c1-21-11-3-2-4-12(21)9-15(22,8-11)10-5-6-14(13(17)7-10)23-16(18,19)20/h5-7,11-12,22H,2-4,8-9H2,1H3. The summed E-state index contributed by atoms with van der Waals surface area (Å²) in [6, 6.07) is 3.64. The van der Waals surface area contributed by atoms with Crippen LogP contribution < -0.4 is 4.74 Å². The Kier molecular flexibility index (Phi) is 4.04. The Morgan fingerprint density at radius 1 is 1.22 bits per heavy atom. The van der Waals surface area contributed by atoms with Crippen LogP contribution in [0.1, 0.15) is 37.7 Å². The quantitative estimate of drug-likeness (QED) is 0.840. The molecule has 1 N–H and O–H groups in total. The van der Waals surface area contributed by atoms with E-state index in [4.69, 9.17) is 0 Å². The smallest absolute Gasteiger partial charge is 0.403 e. The Bertz CT molecular complexity index is 576. The number of rotatable bonds is 2. The van der Waals surface area contributed by atoms with Crippen molar-refractivity contribution in [1.82, 2.24) is 4.90 Å². The zero-order valence-corrected chi connectivity index (χ0v) is 12.7. The number of aliphatic hydroxyl groups is 1. The summed E-state index contributed by atoms with van der Waals surface area (Å²) in [7, 11) is 2.02. The second-order valence-corrected chi connectivity index (χ2v) is 6.54. The summed E-state index contributed by atoms with van der Waals surface area (Å²) in [5.41, 5.74) is -0.894. The predicted octanol–water partition coefficient (Wildman–Crippen LogP) is 3.56. The minimum absolute atomic E-state index is 0.210. The van der Waals surface area contributed by atoms with Gasteiger partial charge >= 0.3 is 6.36 Å². The van der Waals surface area contributed by atoms with E-state index in [1.807, 2.05) is 7.05 Å². The summed E-state index contributed by atoms with van der Waals surface area (Å²) >= 11 is 0. The van der Waals surface area contributed by atoms with Crippen LogP contribution in [0.15, 0.2) is 18.2 Å². The van der Waals surface area contributed by atoms with Gasteiger partial charge in [0.25, 0.3) is 0 Å². The molecule has 2 fully saturated rings. The number of hydrogen-bond donors (Lipinski definition) is 1. The minimum atomic E-state index is -4.94. The van der Waals surface area contributed by atoms with Crippen molar-refractivity contribution in [3.8, 4) is 5.75 Å². The number of ether oxygens (including phenoxy) is 1. The van der Waals surface area contributed by atoms with Crippen LogP contribution in [0.25, 0.3) is 0 Å². The van der Waals surface area contributed by atoms with E-state index in [2.05, 4.69) is 9.64 Å². The Hall–Kier alpha value is -1.34. The van der Waals surface area contributed by atoms with Gasteiger partial charge in [0.1, 0.15) is 0 Å². The number of fused-ring (bicyclic) bond motifs is 2. The number of hydrogen-bond acceptors (Lipinski definition) is 3. The van der Waals surface area contributed by atoms with Crippen LogP contribution in [0.4, 0.5) is 17.6 Å². The summed E-state index contributed by atoms with van der Waals surface area (Å²) < 4.78 is 54.2. The van der Waals surface area contributed by atoms with Gasteiger partial charge in [-0.05, 0) is 50.4 Å². The van der Waals surface area contributed by atoms with Crippen molar-refractivity contribution in [3.05, 3.63) is 29.6 Å². The molecule has 2 bridgehead atoms. The molecule has 3 nitrogen and oxygen atoms in total. The molecule has 2 aliphatic heterocycles. The first-order valence-corrected chi connectivity index (χ1v) is 7.68. The van der Waals surface area contributed by atoms with E-state index < -0.39 is 23.5 Å². The van der Waals surface area contributed by atoms with E-state index in [0.717, 1.165) is 31.4 Å². The van der Waals surface area contributed by atoms with Crippen molar-refractivity contribution >= 4 is 0 Å². The Morgan fingerprint density at radius 3 is 2.35 bits per heavy atom. The van der Waals surface area contributed by atoms with Crippen molar-refractivity contribution in [2.24, 2.45) is 0 Å². The third kappa shape index (κ3) is 3.30. The molecule has 2 unspecified atom stereocenters. The molecule has 0 spiro atoms. The third-order valence-corrected chi connectivity index (χ3v) is 5.07. The van der Waals surface area contributed by atoms with Crippen LogP contribution in [-0.2, 0) is 5.60 Å². The average Bonchev–Trinajstić information content (AvgIpc) is 2.41. The van der Waals surface area contributed by atoms with E-state index in [-0.39, 0.29) is 12.1 Å². The van der Waals surface area contributed by atoms with E-state index in [0.29, 0.717) is 18.4 Å². The predicted molar refractivity (Wildman–Crippen MR) is 75.4 cm³/mol. The lowest BCUT2D eigenvalue weighted by atomic mass is 9.73. The van der Waals surface area contributed by atoms with E-state index in [9.17, 15) is 22.7 Å². The minimum Gasteiger partial charge on any atom is -0.403 e. The maximum absolute atomic E-state index is 13.9. The molecule has 2 atom stereocenters. The summed E-state index contributed by atoms with van der Waals surface area (Å²) in [6.45, 7) is 0. The van der Waals surface area contributed by atoms with Gasteiger partial charge in [0, 0.05) is 12.1 Å². The number of nitrogens with zero attached hydrogens (tertiary/aromatic N) is 1. The number of halogens is 4. The molecule has 3 rings (SSSR count). The molecule has 2 aliphatic rings. The average molecular weight is 333 g/mol. The fourth-order valence-corrected chi connectivity index (χ4v) is 3.88. The van der Waals surface area contributed by atoms with Gasteiger partial charge < -0.3 is 14.7 Å². The summed E-state index contributed by atoms with van der Waals surface area (Å²) in [6.07, 6.45) is -0.996. The molecule has 0 radical (unpaired) electrons. The zero-order valence-electron chi connectivity index (χ0n) is 12.7. The fraction of sp³-hybridized carbons (Fsp3) is 0.625. The molecule has 23 heavy (non-hydrogen) atoms. The van der Waals surface area contributed by atoms with Gasteiger partial charge in [-0.25, -0.2) is 4.39 Å². The summed E-state index contributed by atoms with van der Waals surface area (Å²) in [4.78, 5) is 2.25. The van der Waals surface area contributed by atoms with E-state index in [1.165, 1.54) is 6.07 Å². The lowest BCUT2D eigenvalue weighted by Gasteiger charge is -2.50. The molecule has 0 aromatic heterocycles. The fourth-order valence-electron chi connectivity index (χ4n) is 3.88. The van der Waals surface area contributed by atoms with Gasteiger partial charge in [-0.2, -0.15) is 0 Å². The molecule has 2 heterocycles. The molecule has 1 aromatic carbocycles. The topological polar surface area (TPSA) is 32.7 Å². The first-order valence-electron chi connectivity index (χ1n) is 7.68. The summed E-state index contributed by atoms with van der Waals surface area (Å²) in [5, 5.41) is 11.0. The van der Waals surface area contributed by atoms with Crippen molar-refractivity contribution in [1.29, 1.82) is 0 Å². The highest BCUT2D eigenvalue weighted by molar-refractivity contribution is 5.33. The lowest BCUT2D eigenvalue weighted by Crippen LogP contribution is -2.55. The highest BCUT2D eigenvalue weighted by atomic mass is 19.4. The Morgan fingerprint density at radius 2 is 1.83 bits per heavy atom. The Balaban J connectivity index is 1.85. The van der Waals surface area contributed by atoms with Gasteiger partial charge in [-0.15, -0.1) is 13.2 Å². The van der Waals surface area contributed by atoms with Crippen LogP contribution in [0.2, 0.25) is 0 Å². The van der Waals surface area contributed by atoms with Crippen molar-refractivity contribution in [2.75, 3.05) is 7.05 Å². The number of piperidine rings is 2. The van der Waals surface area contributed by atoms with Crippen LogP contribution in [-0.4, -0.2) is 35.5 Å². The molecule has 0 saturated carbocycles. The molecular weight excluding hydrogens is 314 g/mol. The van der Waals surface area contributed by atoms with E-state index in [1.54, 1.807) is 0 Å². The first kappa shape index (κ1) is 16.5. The van der Waals surface area contributed by atoms with Gasteiger partial charge in [0.2, 0.25) is 0 Å². The molecule has 2 saturated heterocycles. The van der Waals surface area contributed by atoms with Crippen LogP contribution in [0, 0.1) is 5.82 Å². The van der Waals surface area contributed by atoms with Crippen molar-refractivity contribution < 1.29 is 27.4 Å².